The Bertz CT molecular complexity index is 883. The summed E-state index contributed by atoms with van der Waals surface area (Å²) in [7, 11) is 0. The Morgan fingerprint density at radius 2 is 1.86 bits per heavy atom. The van der Waals surface area contributed by atoms with Crippen LogP contribution >= 0.6 is 0 Å². The van der Waals surface area contributed by atoms with Crippen molar-refractivity contribution in [1.29, 1.82) is 0 Å². The lowest BCUT2D eigenvalue weighted by Gasteiger charge is -2.25. The molecule has 0 amide bonds. The highest BCUT2D eigenvalue weighted by molar-refractivity contribution is 5.95. The van der Waals surface area contributed by atoms with E-state index >= 15 is 0 Å². The second-order valence-electron chi connectivity index (χ2n) is 6.89. The van der Waals surface area contributed by atoms with Crippen molar-refractivity contribution in [3.63, 3.8) is 0 Å². The first-order chi connectivity index (χ1) is 10.6. The monoisotopic (exact) mass is 289 g/mol. The van der Waals surface area contributed by atoms with Crippen LogP contribution in [0.3, 0.4) is 0 Å². The first-order valence-electron chi connectivity index (χ1n) is 8.31. The zero-order valence-corrected chi connectivity index (χ0v) is 13.9. The summed E-state index contributed by atoms with van der Waals surface area (Å²) in [5.74, 6) is 0.624. The molecule has 0 spiro atoms. The molecule has 0 aliphatic heterocycles. The maximum atomic E-state index is 3.75. The van der Waals surface area contributed by atoms with Crippen LogP contribution in [0.1, 0.15) is 47.1 Å². The lowest BCUT2D eigenvalue weighted by Crippen LogP contribution is -2.10. The molecular formula is C21H23N. The SMILES string of the molecule is CCC1Cc2cc(C)ccc2-c2[nH]c3c(C)cc(C)cc3c21. The van der Waals surface area contributed by atoms with E-state index in [9.17, 15) is 0 Å². The number of benzene rings is 2. The number of fused-ring (bicyclic) bond motifs is 5. The molecule has 1 aromatic heterocycles. The van der Waals surface area contributed by atoms with Gasteiger partial charge < -0.3 is 4.98 Å². The van der Waals surface area contributed by atoms with Gasteiger partial charge in [0.1, 0.15) is 0 Å². The predicted molar refractivity (Wildman–Crippen MR) is 94.7 cm³/mol. The summed E-state index contributed by atoms with van der Waals surface area (Å²) in [6.45, 7) is 8.92. The lowest BCUT2D eigenvalue weighted by atomic mass is 9.79. The Morgan fingerprint density at radius 3 is 2.64 bits per heavy atom. The molecule has 1 heterocycles. The predicted octanol–water partition coefficient (Wildman–Crippen LogP) is 5.81. The molecule has 4 rings (SSSR count). The van der Waals surface area contributed by atoms with Gasteiger partial charge in [0.25, 0.3) is 0 Å². The summed E-state index contributed by atoms with van der Waals surface area (Å²) >= 11 is 0. The van der Waals surface area contributed by atoms with E-state index in [0.29, 0.717) is 5.92 Å². The number of aromatic nitrogens is 1. The summed E-state index contributed by atoms with van der Waals surface area (Å²) in [6.07, 6.45) is 2.36. The van der Waals surface area contributed by atoms with Gasteiger partial charge in [0.2, 0.25) is 0 Å². The van der Waals surface area contributed by atoms with E-state index in [1.165, 1.54) is 57.3 Å². The van der Waals surface area contributed by atoms with Crippen LogP contribution in [0.15, 0.2) is 30.3 Å². The molecule has 112 valence electrons. The van der Waals surface area contributed by atoms with Crippen molar-refractivity contribution in [2.75, 3.05) is 0 Å². The third-order valence-corrected chi connectivity index (χ3v) is 5.19. The topological polar surface area (TPSA) is 15.8 Å². The van der Waals surface area contributed by atoms with Crippen LogP contribution in [0, 0.1) is 20.8 Å². The molecule has 2 aromatic carbocycles. The van der Waals surface area contributed by atoms with Crippen molar-refractivity contribution in [3.8, 4) is 11.3 Å². The van der Waals surface area contributed by atoms with Gasteiger partial charge in [-0.15, -0.1) is 0 Å². The van der Waals surface area contributed by atoms with E-state index in [1.54, 1.807) is 5.56 Å². The number of nitrogens with one attached hydrogen (secondary N) is 1. The quantitative estimate of drug-likeness (QED) is 0.582. The summed E-state index contributed by atoms with van der Waals surface area (Å²) in [5, 5.41) is 1.44. The van der Waals surface area contributed by atoms with Gasteiger partial charge in [0, 0.05) is 16.5 Å². The highest BCUT2D eigenvalue weighted by Gasteiger charge is 2.27. The van der Waals surface area contributed by atoms with Crippen molar-refractivity contribution < 1.29 is 0 Å². The third-order valence-electron chi connectivity index (χ3n) is 5.19. The van der Waals surface area contributed by atoms with Crippen LogP contribution in [0.25, 0.3) is 22.2 Å². The number of aromatic amines is 1. The molecule has 1 nitrogen and oxygen atoms in total. The first-order valence-corrected chi connectivity index (χ1v) is 8.31. The Balaban J connectivity index is 2.09. The van der Waals surface area contributed by atoms with Gasteiger partial charge in [0.05, 0.1) is 5.69 Å². The van der Waals surface area contributed by atoms with E-state index < -0.39 is 0 Å². The molecule has 1 atom stereocenters. The van der Waals surface area contributed by atoms with E-state index in [-0.39, 0.29) is 0 Å². The molecule has 1 unspecified atom stereocenters. The van der Waals surface area contributed by atoms with E-state index in [1.807, 2.05) is 0 Å². The molecule has 1 N–H and O–H groups in total. The summed E-state index contributed by atoms with van der Waals surface area (Å²) in [6, 6.07) is 11.5. The largest absolute Gasteiger partial charge is 0.354 e. The zero-order valence-electron chi connectivity index (χ0n) is 13.9. The van der Waals surface area contributed by atoms with Gasteiger partial charge in [-0.25, -0.2) is 0 Å². The zero-order chi connectivity index (χ0) is 15.4. The van der Waals surface area contributed by atoms with Gasteiger partial charge in [-0.1, -0.05) is 42.3 Å². The van der Waals surface area contributed by atoms with Crippen molar-refractivity contribution in [1.82, 2.24) is 4.98 Å². The average molecular weight is 289 g/mol. The van der Waals surface area contributed by atoms with Crippen LogP contribution in [0.4, 0.5) is 0 Å². The van der Waals surface area contributed by atoms with Gasteiger partial charge in [-0.2, -0.15) is 0 Å². The number of aryl methyl sites for hydroxylation is 3. The van der Waals surface area contributed by atoms with Crippen molar-refractivity contribution in [3.05, 3.63) is 58.1 Å². The molecule has 0 bridgehead atoms. The fourth-order valence-electron chi connectivity index (χ4n) is 4.16. The highest BCUT2D eigenvalue weighted by Crippen LogP contribution is 2.45. The number of rotatable bonds is 1. The van der Waals surface area contributed by atoms with Gasteiger partial charge in [-0.3, -0.25) is 0 Å². The summed E-state index contributed by atoms with van der Waals surface area (Å²) in [5.41, 5.74) is 11.2. The van der Waals surface area contributed by atoms with E-state index in [0.717, 1.165) is 0 Å². The Kier molecular flexibility index (Phi) is 2.94. The summed E-state index contributed by atoms with van der Waals surface area (Å²) in [4.78, 5) is 3.75. The van der Waals surface area contributed by atoms with Crippen molar-refractivity contribution in [2.24, 2.45) is 0 Å². The second kappa shape index (κ2) is 4.74. The number of H-pyrrole nitrogens is 1. The molecule has 1 aliphatic carbocycles. The number of hydrogen-bond donors (Lipinski definition) is 1. The highest BCUT2D eigenvalue weighted by atomic mass is 14.7. The first kappa shape index (κ1) is 13.6. The molecule has 1 aliphatic rings. The van der Waals surface area contributed by atoms with Crippen LogP contribution < -0.4 is 0 Å². The average Bonchev–Trinajstić information content (AvgIpc) is 2.86. The smallest absolute Gasteiger partial charge is 0.0503 e. The van der Waals surface area contributed by atoms with Crippen molar-refractivity contribution >= 4 is 10.9 Å². The maximum absolute atomic E-state index is 3.75. The van der Waals surface area contributed by atoms with Crippen LogP contribution in [0.2, 0.25) is 0 Å². The maximum Gasteiger partial charge on any atom is 0.0503 e. The second-order valence-corrected chi connectivity index (χ2v) is 6.89. The molecule has 0 saturated carbocycles. The Labute approximate surface area is 132 Å². The molecule has 0 radical (unpaired) electrons. The van der Waals surface area contributed by atoms with Gasteiger partial charge >= 0.3 is 0 Å². The standard InChI is InChI=1S/C21H23N/c1-5-15-11-16-9-12(2)6-7-17(16)21-19(15)18-10-13(3)8-14(4)20(18)22-21/h6-10,15,22H,5,11H2,1-4H3. The van der Waals surface area contributed by atoms with Crippen LogP contribution in [-0.2, 0) is 6.42 Å². The lowest BCUT2D eigenvalue weighted by molar-refractivity contribution is 0.658. The Hall–Kier alpha value is -2.02. The molecule has 0 saturated heterocycles. The molecular weight excluding hydrogens is 266 g/mol. The van der Waals surface area contributed by atoms with Gasteiger partial charge in [0.15, 0.2) is 0 Å². The van der Waals surface area contributed by atoms with E-state index in [4.69, 9.17) is 0 Å². The van der Waals surface area contributed by atoms with Crippen LogP contribution in [-0.4, -0.2) is 4.98 Å². The minimum atomic E-state index is 0.624. The summed E-state index contributed by atoms with van der Waals surface area (Å²) < 4.78 is 0. The number of hydrogen-bond acceptors (Lipinski definition) is 0. The van der Waals surface area contributed by atoms with Crippen molar-refractivity contribution in [2.45, 2.75) is 46.5 Å². The molecule has 1 heteroatoms. The van der Waals surface area contributed by atoms with E-state index in [2.05, 4.69) is 63.0 Å². The minimum absolute atomic E-state index is 0.624. The minimum Gasteiger partial charge on any atom is -0.354 e. The molecule has 0 fully saturated rings. The van der Waals surface area contributed by atoms with Crippen LogP contribution in [0.5, 0.6) is 0 Å². The molecule has 3 aromatic rings. The third kappa shape index (κ3) is 1.85. The fraction of sp³-hybridized carbons (Fsp3) is 0.333. The van der Waals surface area contributed by atoms with Gasteiger partial charge in [-0.05, 0) is 62.3 Å². The fourth-order valence-corrected chi connectivity index (χ4v) is 4.16. The normalized spacial score (nSPS) is 16.6. The molecule has 22 heavy (non-hydrogen) atoms. The Morgan fingerprint density at radius 1 is 1.05 bits per heavy atom.